The minimum absolute atomic E-state index is 0.0734. The molecule has 5 heteroatoms. The van der Waals surface area contributed by atoms with Gasteiger partial charge in [-0.15, -0.1) is 0 Å². The standard InChI is InChI=1S/C8H12N4O/c1-8(10,4-7(9)13)6-2-3-11-5-12-6/h2-3,5H,4,10H2,1H3,(H2,9,13). The van der Waals surface area contributed by atoms with E-state index in [9.17, 15) is 4.79 Å². The molecule has 1 amide bonds. The predicted molar refractivity (Wildman–Crippen MR) is 47.4 cm³/mol. The normalized spacial score (nSPS) is 14.9. The summed E-state index contributed by atoms with van der Waals surface area (Å²) in [5, 5.41) is 0. The zero-order valence-corrected chi connectivity index (χ0v) is 7.40. The summed E-state index contributed by atoms with van der Waals surface area (Å²) in [6.45, 7) is 1.71. The Balaban J connectivity index is 2.87. The molecule has 1 atom stereocenters. The van der Waals surface area contributed by atoms with E-state index in [1.54, 1.807) is 19.2 Å². The second-order valence-electron chi connectivity index (χ2n) is 3.16. The van der Waals surface area contributed by atoms with Gasteiger partial charge in [0, 0.05) is 12.6 Å². The maximum Gasteiger partial charge on any atom is 0.219 e. The summed E-state index contributed by atoms with van der Waals surface area (Å²) in [5.74, 6) is -0.441. The lowest BCUT2D eigenvalue weighted by atomic mass is 9.94. The van der Waals surface area contributed by atoms with Crippen molar-refractivity contribution in [2.24, 2.45) is 11.5 Å². The van der Waals surface area contributed by atoms with Gasteiger partial charge >= 0.3 is 0 Å². The van der Waals surface area contributed by atoms with E-state index in [2.05, 4.69) is 9.97 Å². The van der Waals surface area contributed by atoms with E-state index < -0.39 is 11.4 Å². The van der Waals surface area contributed by atoms with Gasteiger partial charge in [-0.3, -0.25) is 4.79 Å². The van der Waals surface area contributed by atoms with Gasteiger partial charge in [0.1, 0.15) is 6.33 Å². The number of primary amides is 1. The Labute approximate surface area is 76.2 Å². The Kier molecular flexibility index (Phi) is 2.57. The number of amides is 1. The van der Waals surface area contributed by atoms with Gasteiger partial charge in [0.25, 0.3) is 0 Å². The van der Waals surface area contributed by atoms with Crippen molar-refractivity contribution in [3.8, 4) is 0 Å². The van der Waals surface area contributed by atoms with E-state index in [1.807, 2.05) is 0 Å². The summed E-state index contributed by atoms with van der Waals surface area (Å²) >= 11 is 0. The minimum atomic E-state index is -0.811. The lowest BCUT2D eigenvalue weighted by Crippen LogP contribution is -2.38. The third-order valence-electron chi connectivity index (χ3n) is 1.71. The Bertz CT molecular complexity index is 296. The molecular weight excluding hydrogens is 168 g/mol. The fourth-order valence-electron chi connectivity index (χ4n) is 1.08. The lowest BCUT2D eigenvalue weighted by molar-refractivity contribution is -0.119. The van der Waals surface area contributed by atoms with E-state index in [0.717, 1.165) is 0 Å². The molecule has 0 saturated heterocycles. The summed E-state index contributed by atoms with van der Waals surface area (Å²) in [6, 6.07) is 1.67. The van der Waals surface area contributed by atoms with Crippen LogP contribution in [0.1, 0.15) is 19.0 Å². The molecule has 0 aromatic carbocycles. The quantitative estimate of drug-likeness (QED) is 0.657. The van der Waals surface area contributed by atoms with Crippen LogP contribution < -0.4 is 11.5 Å². The highest BCUT2D eigenvalue weighted by atomic mass is 16.1. The fourth-order valence-corrected chi connectivity index (χ4v) is 1.08. The number of nitrogens with zero attached hydrogens (tertiary/aromatic N) is 2. The first kappa shape index (κ1) is 9.60. The maximum atomic E-state index is 10.7. The molecule has 0 aliphatic heterocycles. The first-order chi connectivity index (χ1) is 6.02. The molecule has 1 rings (SSSR count). The summed E-state index contributed by atoms with van der Waals surface area (Å²) < 4.78 is 0. The second-order valence-corrected chi connectivity index (χ2v) is 3.16. The SMILES string of the molecule is CC(N)(CC(N)=O)c1ccncn1. The molecule has 1 heterocycles. The summed E-state index contributed by atoms with van der Waals surface area (Å²) in [5.41, 5.74) is 10.7. The van der Waals surface area contributed by atoms with Crippen LogP contribution in [0.3, 0.4) is 0 Å². The molecule has 1 aromatic heterocycles. The van der Waals surface area contributed by atoms with Crippen LogP contribution >= 0.6 is 0 Å². The topological polar surface area (TPSA) is 94.9 Å². The van der Waals surface area contributed by atoms with E-state index in [1.165, 1.54) is 6.33 Å². The predicted octanol–water partition coefficient (Wildman–Crippen LogP) is -0.474. The first-order valence-corrected chi connectivity index (χ1v) is 3.86. The lowest BCUT2D eigenvalue weighted by Gasteiger charge is -2.21. The summed E-state index contributed by atoms with van der Waals surface area (Å²) in [7, 11) is 0. The minimum Gasteiger partial charge on any atom is -0.370 e. The van der Waals surface area contributed by atoms with Crippen molar-refractivity contribution >= 4 is 5.91 Å². The van der Waals surface area contributed by atoms with Crippen LogP contribution in [0, 0.1) is 0 Å². The first-order valence-electron chi connectivity index (χ1n) is 3.86. The third-order valence-corrected chi connectivity index (χ3v) is 1.71. The van der Waals surface area contributed by atoms with Crippen molar-refractivity contribution in [1.29, 1.82) is 0 Å². The van der Waals surface area contributed by atoms with E-state index in [-0.39, 0.29) is 6.42 Å². The van der Waals surface area contributed by atoms with Crippen molar-refractivity contribution in [3.05, 3.63) is 24.3 Å². The molecule has 5 nitrogen and oxygen atoms in total. The Hall–Kier alpha value is -1.49. The van der Waals surface area contributed by atoms with Crippen LogP contribution in [0.4, 0.5) is 0 Å². The van der Waals surface area contributed by atoms with Crippen molar-refractivity contribution in [2.45, 2.75) is 18.9 Å². The molecule has 0 bridgehead atoms. The average Bonchev–Trinajstić information content (AvgIpc) is 2.04. The molecule has 1 aromatic rings. The molecule has 1 unspecified atom stereocenters. The smallest absolute Gasteiger partial charge is 0.219 e. The van der Waals surface area contributed by atoms with Crippen LogP contribution in [0.25, 0.3) is 0 Å². The van der Waals surface area contributed by atoms with E-state index in [4.69, 9.17) is 11.5 Å². The largest absolute Gasteiger partial charge is 0.370 e. The number of carbonyl (C=O) groups excluding carboxylic acids is 1. The average molecular weight is 180 g/mol. The monoisotopic (exact) mass is 180 g/mol. The maximum absolute atomic E-state index is 10.7. The highest BCUT2D eigenvalue weighted by Crippen LogP contribution is 2.17. The molecule has 0 fully saturated rings. The number of nitrogens with two attached hydrogens (primary N) is 2. The Morgan fingerprint density at radius 1 is 1.69 bits per heavy atom. The van der Waals surface area contributed by atoms with Gasteiger partial charge < -0.3 is 11.5 Å². The highest BCUT2D eigenvalue weighted by Gasteiger charge is 2.24. The molecule has 4 N–H and O–H groups in total. The summed E-state index contributed by atoms with van der Waals surface area (Å²) in [6.07, 6.45) is 3.04. The van der Waals surface area contributed by atoms with Crippen molar-refractivity contribution < 1.29 is 4.79 Å². The highest BCUT2D eigenvalue weighted by molar-refractivity contribution is 5.75. The van der Waals surface area contributed by atoms with Gasteiger partial charge in [0.2, 0.25) is 5.91 Å². The zero-order valence-electron chi connectivity index (χ0n) is 7.40. The van der Waals surface area contributed by atoms with Gasteiger partial charge in [-0.25, -0.2) is 9.97 Å². The van der Waals surface area contributed by atoms with Crippen LogP contribution in [0.2, 0.25) is 0 Å². The molecule has 0 aliphatic rings. The molecule has 0 aliphatic carbocycles. The van der Waals surface area contributed by atoms with Gasteiger partial charge in [-0.1, -0.05) is 0 Å². The van der Waals surface area contributed by atoms with Crippen LogP contribution in [0.5, 0.6) is 0 Å². The summed E-state index contributed by atoms with van der Waals surface area (Å²) in [4.78, 5) is 18.4. The van der Waals surface area contributed by atoms with Gasteiger partial charge in [-0.2, -0.15) is 0 Å². The molecular formula is C8H12N4O. The number of aromatic nitrogens is 2. The number of rotatable bonds is 3. The van der Waals surface area contributed by atoms with Crippen LogP contribution in [-0.2, 0) is 10.3 Å². The molecule has 0 radical (unpaired) electrons. The Morgan fingerprint density at radius 3 is 2.85 bits per heavy atom. The molecule has 0 saturated carbocycles. The van der Waals surface area contributed by atoms with Crippen LogP contribution in [-0.4, -0.2) is 15.9 Å². The van der Waals surface area contributed by atoms with Crippen molar-refractivity contribution in [1.82, 2.24) is 9.97 Å². The molecule has 70 valence electrons. The number of hydrogen-bond acceptors (Lipinski definition) is 4. The van der Waals surface area contributed by atoms with Gasteiger partial charge in [0.05, 0.1) is 11.2 Å². The van der Waals surface area contributed by atoms with Crippen molar-refractivity contribution in [3.63, 3.8) is 0 Å². The fraction of sp³-hybridized carbons (Fsp3) is 0.375. The van der Waals surface area contributed by atoms with Crippen LogP contribution in [0.15, 0.2) is 18.6 Å². The number of hydrogen-bond donors (Lipinski definition) is 2. The molecule has 13 heavy (non-hydrogen) atoms. The Morgan fingerprint density at radius 2 is 2.38 bits per heavy atom. The van der Waals surface area contributed by atoms with E-state index >= 15 is 0 Å². The van der Waals surface area contributed by atoms with E-state index in [0.29, 0.717) is 5.69 Å². The third kappa shape index (κ3) is 2.48. The second kappa shape index (κ2) is 3.49. The van der Waals surface area contributed by atoms with Crippen molar-refractivity contribution in [2.75, 3.05) is 0 Å². The van der Waals surface area contributed by atoms with Gasteiger partial charge in [-0.05, 0) is 13.0 Å². The zero-order chi connectivity index (χ0) is 9.90. The van der Waals surface area contributed by atoms with Gasteiger partial charge in [0.15, 0.2) is 0 Å². The number of carbonyl (C=O) groups is 1. The molecule has 0 spiro atoms.